The molecule has 0 aliphatic rings. The molecule has 4 rings (SSSR count). The molecule has 0 spiro atoms. The summed E-state index contributed by atoms with van der Waals surface area (Å²) in [6.07, 6.45) is 0.899. The molecular formula is C24H23N3O3S. The van der Waals surface area contributed by atoms with E-state index in [0.29, 0.717) is 17.1 Å². The molecule has 0 saturated carbocycles. The van der Waals surface area contributed by atoms with E-state index in [2.05, 4.69) is 17.2 Å². The Kier molecular flexibility index (Phi) is 5.86. The molecule has 0 atom stereocenters. The summed E-state index contributed by atoms with van der Waals surface area (Å²) in [7, 11) is -3.49. The summed E-state index contributed by atoms with van der Waals surface area (Å²) >= 11 is 0. The number of nitrogens with zero attached hydrogens (tertiary/aromatic N) is 2. The molecule has 0 saturated heterocycles. The van der Waals surface area contributed by atoms with Gasteiger partial charge < -0.3 is 4.57 Å². The second-order valence-electron chi connectivity index (χ2n) is 7.30. The molecule has 3 aromatic carbocycles. The highest BCUT2D eigenvalue weighted by Gasteiger charge is 2.17. The Labute approximate surface area is 181 Å². The van der Waals surface area contributed by atoms with Gasteiger partial charge in [0, 0.05) is 12.1 Å². The van der Waals surface area contributed by atoms with E-state index in [1.807, 2.05) is 28.8 Å². The van der Waals surface area contributed by atoms with Crippen LogP contribution in [-0.4, -0.2) is 23.9 Å². The van der Waals surface area contributed by atoms with E-state index in [9.17, 15) is 13.2 Å². The number of hydrogen-bond donors (Lipinski definition) is 1. The first-order chi connectivity index (χ1) is 15.0. The van der Waals surface area contributed by atoms with Crippen LogP contribution >= 0.6 is 0 Å². The highest BCUT2D eigenvalue weighted by atomic mass is 32.2. The van der Waals surface area contributed by atoms with Crippen molar-refractivity contribution >= 4 is 32.7 Å². The lowest BCUT2D eigenvalue weighted by Gasteiger charge is -2.10. The maximum absolute atomic E-state index is 12.9. The van der Waals surface area contributed by atoms with Gasteiger partial charge in [0.15, 0.2) is 9.84 Å². The number of carbonyl (C=O) groups excluding carboxylic acids is 1. The third-order valence-corrected chi connectivity index (χ3v) is 6.68. The molecule has 6 nitrogen and oxygen atoms in total. The topological polar surface area (TPSA) is 81.1 Å². The van der Waals surface area contributed by atoms with E-state index in [-0.39, 0.29) is 16.6 Å². The molecule has 1 amide bonds. The number of aryl methyl sites for hydroxylation is 1. The maximum atomic E-state index is 12.9. The highest BCUT2D eigenvalue weighted by molar-refractivity contribution is 7.90. The number of carbonyl (C=O) groups is 1. The third kappa shape index (κ3) is 4.51. The molecular weight excluding hydrogens is 410 g/mol. The first-order valence-electron chi connectivity index (χ1n) is 10.1. The van der Waals surface area contributed by atoms with E-state index in [0.717, 1.165) is 24.0 Å². The van der Waals surface area contributed by atoms with Crippen LogP contribution < -0.4 is 5.32 Å². The zero-order chi connectivity index (χ0) is 21.8. The lowest BCUT2D eigenvalue weighted by Crippen LogP contribution is -2.16. The zero-order valence-corrected chi connectivity index (χ0v) is 18.0. The number of rotatable bonds is 7. The largest absolute Gasteiger partial charge is 0.310 e. The molecule has 0 bridgehead atoms. The number of nitrogens with one attached hydrogen (secondary N) is 1. The number of fused-ring (bicyclic) bond motifs is 1. The van der Waals surface area contributed by atoms with Crippen LogP contribution in [0.2, 0.25) is 0 Å². The van der Waals surface area contributed by atoms with Crippen molar-refractivity contribution in [3.63, 3.8) is 0 Å². The number of amides is 1. The molecule has 7 heteroatoms. The Bertz CT molecular complexity index is 1330. The smallest absolute Gasteiger partial charge is 0.257 e. The van der Waals surface area contributed by atoms with Crippen LogP contribution in [0.4, 0.5) is 5.95 Å². The Hall–Kier alpha value is -3.45. The van der Waals surface area contributed by atoms with Gasteiger partial charge in [-0.05, 0) is 48.4 Å². The number of hydrogen-bond acceptors (Lipinski definition) is 4. The lowest BCUT2D eigenvalue weighted by molar-refractivity contribution is 0.102. The fraction of sp³-hybridized carbons (Fsp3) is 0.167. The second kappa shape index (κ2) is 8.73. The van der Waals surface area contributed by atoms with Gasteiger partial charge in [0.05, 0.1) is 21.7 Å². The molecule has 0 radical (unpaired) electrons. The van der Waals surface area contributed by atoms with E-state index in [1.54, 1.807) is 54.6 Å². The molecule has 0 aliphatic carbocycles. The van der Waals surface area contributed by atoms with Gasteiger partial charge in [-0.1, -0.05) is 49.4 Å². The minimum atomic E-state index is -3.49. The molecule has 4 aromatic rings. The highest BCUT2D eigenvalue weighted by Crippen LogP contribution is 2.21. The van der Waals surface area contributed by atoms with Crippen molar-refractivity contribution in [2.45, 2.75) is 30.5 Å². The summed E-state index contributed by atoms with van der Waals surface area (Å²) in [5.74, 6) is -0.0195. The molecule has 1 N–H and O–H groups in total. The van der Waals surface area contributed by atoms with Gasteiger partial charge in [-0.2, -0.15) is 0 Å². The third-order valence-electron chi connectivity index (χ3n) is 4.98. The zero-order valence-electron chi connectivity index (χ0n) is 17.2. The fourth-order valence-electron chi connectivity index (χ4n) is 3.53. The van der Waals surface area contributed by atoms with Crippen molar-refractivity contribution in [3.8, 4) is 0 Å². The second-order valence-corrected chi connectivity index (χ2v) is 9.29. The minimum absolute atomic E-state index is 0.174. The summed E-state index contributed by atoms with van der Waals surface area (Å²) in [4.78, 5) is 17.7. The number of imidazole rings is 1. The maximum Gasteiger partial charge on any atom is 0.257 e. The first kappa shape index (κ1) is 20.8. The quantitative estimate of drug-likeness (QED) is 0.459. The standard InChI is InChI=1S/C24H23N3O3S/c1-2-15-27-22-14-7-6-13-21(22)25-24(27)26-23(28)19-10-8-9-18(16-19)17-31(29,30)20-11-4-3-5-12-20/h3-14,16H,2,15,17H2,1H3,(H,25,26,28). The van der Waals surface area contributed by atoms with Crippen molar-refractivity contribution in [3.05, 3.63) is 90.0 Å². The number of sulfone groups is 1. The Balaban J connectivity index is 1.58. The Morgan fingerprint density at radius 2 is 1.71 bits per heavy atom. The van der Waals surface area contributed by atoms with Crippen LogP contribution in [0, 0.1) is 0 Å². The molecule has 31 heavy (non-hydrogen) atoms. The molecule has 0 unspecified atom stereocenters. The SMILES string of the molecule is CCCn1c(NC(=O)c2cccc(CS(=O)(=O)c3ccccc3)c2)nc2ccccc21. The van der Waals surface area contributed by atoms with Crippen LogP contribution in [0.1, 0.15) is 29.3 Å². The summed E-state index contributed by atoms with van der Waals surface area (Å²) in [5.41, 5.74) is 2.71. The monoisotopic (exact) mass is 433 g/mol. The summed E-state index contributed by atoms with van der Waals surface area (Å²) in [6, 6.07) is 22.7. The van der Waals surface area contributed by atoms with Gasteiger partial charge in [0.1, 0.15) is 0 Å². The van der Waals surface area contributed by atoms with E-state index < -0.39 is 9.84 Å². The van der Waals surface area contributed by atoms with Crippen LogP contribution in [0.15, 0.2) is 83.8 Å². The van der Waals surface area contributed by atoms with Crippen molar-refractivity contribution in [1.29, 1.82) is 0 Å². The van der Waals surface area contributed by atoms with Gasteiger partial charge in [-0.15, -0.1) is 0 Å². The molecule has 1 heterocycles. The molecule has 1 aromatic heterocycles. The van der Waals surface area contributed by atoms with Crippen LogP contribution in [0.5, 0.6) is 0 Å². The normalized spacial score (nSPS) is 11.5. The van der Waals surface area contributed by atoms with Crippen molar-refractivity contribution in [1.82, 2.24) is 9.55 Å². The van der Waals surface area contributed by atoms with E-state index in [1.165, 1.54) is 0 Å². The van der Waals surface area contributed by atoms with Gasteiger partial charge >= 0.3 is 0 Å². The van der Waals surface area contributed by atoms with Crippen LogP contribution in [0.25, 0.3) is 11.0 Å². The van der Waals surface area contributed by atoms with Crippen molar-refractivity contribution < 1.29 is 13.2 Å². The number of para-hydroxylation sites is 2. The first-order valence-corrected chi connectivity index (χ1v) is 11.8. The predicted molar refractivity (Wildman–Crippen MR) is 122 cm³/mol. The summed E-state index contributed by atoms with van der Waals surface area (Å²) < 4.78 is 27.3. The van der Waals surface area contributed by atoms with Gasteiger partial charge in [-0.25, -0.2) is 13.4 Å². The summed E-state index contributed by atoms with van der Waals surface area (Å²) in [5, 5.41) is 2.89. The van der Waals surface area contributed by atoms with Crippen LogP contribution in [-0.2, 0) is 22.1 Å². The number of aromatic nitrogens is 2. The van der Waals surface area contributed by atoms with Gasteiger partial charge in [0.2, 0.25) is 5.95 Å². The molecule has 0 fully saturated rings. The Morgan fingerprint density at radius 3 is 2.48 bits per heavy atom. The van der Waals surface area contributed by atoms with Crippen LogP contribution in [0.3, 0.4) is 0 Å². The Morgan fingerprint density at radius 1 is 0.968 bits per heavy atom. The average Bonchev–Trinajstić information content (AvgIpc) is 3.11. The molecule has 158 valence electrons. The van der Waals surface area contributed by atoms with Crippen molar-refractivity contribution in [2.75, 3.05) is 5.32 Å². The number of anilines is 1. The van der Waals surface area contributed by atoms with Gasteiger partial charge in [-0.3, -0.25) is 10.1 Å². The average molecular weight is 434 g/mol. The van der Waals surface area contributed by atoms with E-state index >= 15 is 0 Å². The fourth-order valence-corrected chi connectivity index (χ4v) is 4.88. The minimum Gasteiger partial charge on any atom is -0.310 e. The predicted octanol–water partition coefficient (Wildman–Crippen LogP) is 4.67. The lowest BCUT2D eigenvalue weighted by atomic mass is 10.1. The van der Waals surface area contributed by atoms with Crippen molar-refractivity contribution in [2.24, 2.45) is 0 Å². The number of benzene rings is 3. The van der Waals surface area contributed by atoms with E-state index in [4.69, 9.17) is 0 Å². The summed E-state index contributed by atoms with van der Waals surface area (Å²) in [6.45, 7) is 2.79. The van der Waals surface area contributed by atoms with Gasteiger partial charge in [0.25, 0.3) is 5.91 Å². The molecule has 0 aliphatic heterocycles.